The number of nitrogens with one attached hydrogen (secondary N) is 1. The fraction of sp³-hybridized carbons (Fsp3) is 0. The smallest absolute Gasteiger partial charge is 0.255 e. The van der Waals surface area contributed by atoms with Gasteiger partial charge in [0.05, 0.1) is 10.0 Å². The van der Waals surface area contributed by atoms with Crippen LogP contribution in [0.2, 0.25) is 10.0 Å². The van der Waals surface area contributed by atoms with Crippen LogP contribution in [0.15, 0.2) is 36.4 Å². The number of phenols is 1. The van der Waals surface area contributed by atoms with Crippen molar-refractivity contribution in [3.8, 4) is 5.75 Å². The first-order valence-corrected chi connectivity index (χ1v) is 7.06. The molecule has 0 aliphatic rings. The Balaban J connectivity index is 2.20. The molecule has 0 heterocycles. The van der Waals surface area contributed by atoms with Crippen LogP contribution in [-0.2, 0) is 0 Å². The lowest BCUT2D eigenvalue weighted by atomic mass is 10.2. The van der Waals surface area contributed by atoms with Crippen molar-refractivity contribution in [2.24, 2.45) is 0 Å². The molecule has 0 fully saturated rings. The van der Waals surface area contributed by atoms with Gasteiger partial charge in [0.25, 0.3) is 5.91 Å². The van der Waals surface area contributed by atoms with E-state index in [0.29, 0.717) is 16.3 Å². The van der Waals surface area contributed by atoms with Crippen LogP contribution in [0.1, 0.15) is 10.4 Å². The quantitative estimate of drug-likeness (QED) is 0.717. The molecule has 2 aromatic carbocycles. The first-order valence-electron chi connectivity index (χ1n) is 5.22. The second-order valence-electron chi connectivity index (χ2n) is 3.75. The molecule has 0 atom stereocenters. The Morgan fingerprint density at radius 3 is 2.47 bits per heavy atom. The van der Waals surface area contributed by atoms with Crippen LogP contribution in [-0.4, -0.2) is 11.0 Å². The van der Waals surface area contributed by atoms with E-state index in [1.807, 2.05) is 0 Å². The molecule has 3 nitrogen and oxygen atoms in total. The molecule has 1 amide bonds. The van der Waals surface area contributed by atoms with Crippen LogP contribution < -0.4 is 5.32 Å². The summed E-state index contributed by atoms with van der Waals surface area (Å²) < 4.78 is 0.875. The van der Waals surface area contributed by atoms with Gasteiger partial charge in [-0.25, -0.2) is 0 Å². The monoisotopic (exact) mass is 407 g/mol. The Labute approximate surface area is 133 Å². The highest BCUT2D eigenvalue weighted by Gasteiger charge is 2.09. The van der Waals surface area contributed by atoms with E-state index in [0.717, 1.165) is 3.57 Å². The fourth-order valence-corrected chi connectivity index (χ4v) is 2.06. The average Bonchev–Trinajstić information content (AvgIpc) is 2.37. The number of anilines is 1. The van der Waals surface area contributed by atoms with Crippen LogP contribution in [0, 0.1) is 3.57 Å². The molecule has 2 N–H and O–H groups in total. The lowest BCUT2D eigenvalue weighted by Crippen LogP contribution is -2.11. The third-order valence-electron chi connectivity index (χ3n) is 2.39. The normalized spacial score (nSPS) is 10.3. The van der Waals surface area contributed by atoms with Crippen LogP contribution in [0.25, 0.3) is 0 Å². The molecular weight excluding hydrogens is 400 g/mol. The zero-order valence-electron chi connectivity index (χ0n) is 9.45. The molecule has 0 saturated heterocycles. The zero-order valence-corrected chi connectivity index (χ0v) is 13.1. The summed E-state index contributed by atoms with van der Waals surface area (Å²) in [5, 5.41) is 12.9. The van der Waals surface area contributed by atoms with Crippen LogP contribution >= 0.6 is 45.8 Å². The number of carbonyl (C=O) groups excluding carboxylic acids is 1. The lowest BCUT2D eigenvalue weighted by Gasteiger charge is -2.07. The Bertz CT molecular complexity index is 647. The predicted molar refractivity (Wildman–Crippen MR) is 85.2 cm³/mol. The van der Waals surface area contributed by atoms with Gasteiger partial charge in [-0.05, 0) is 52.9 Å². The molecule has 2 rings (SSSR count). The maximum Gasteiger partial charge on any atom is 0.255 e. The number of benzene rings is 2. The van der Waals surface area contributed by atoms with Gasteiger partial charge in [0.1, 0.15) is 5.75 Å². The molecule has 0 spiro atoms. The maximum absolute atomic E-state index is 12.0. The minimum absolute atomic E-state index is 0.0832. The number of hydrogen-bond acceptors (Lipinski definition) is 2. The van der Waals surface area contributed by atoms with Gasteiger partial charge in [-0.2, -0.15) is 0 Å². The van der Waals surface area contributed by atoms with Crippen molar-refractivity contribution >= 4 is 57.4 Å². The van der Waals surface area contributed by atoms with Crippen molar-refractivity contribution in [1.82, 2.24) is 0 Å². The van der Waals surface area contributed by atoms with Crippen molar-refractivity contribution in [3.63, 3.8) is 0 Å². The number of hydrogen-bond donors (Lipinski definition) is 2. The van der Waals surface area contributed by atoms with Gasteiger partial charge in [-0.1, -0.05) is 23.2 Å². The van der Waals surface area contributed by atoms with Crippen LogP contribution in [0.3, 0.4) is 0 Å². The van der Waals surface area contributed by atoms with Crippen molar-refractivity contribution in [2.45, 2.75) is 0 Å². The molecule has 0 bridgehead atoms. The van der Waals surface area contributed by atoms with Gasteiger partial charge in [0.15, 0.2) is 0 Å². The Morgan fingerprint density at radius 1 is 1.11 bits per heavy atom. The predicted octanol–water partition coefficient (Wildman–Crippen LogP) is 4.56. The molecular formula is C13H8Cl2INO2. The minimum atomic E-state index is -0.306. The van der Waals surface area contributed by atoms with E-state index >= 15 is 0 Å². The standard InChI is InChI=1S/C13H8Cl2INO2/c14-9-3-2-8(6-12(9)18)17-13(19)7-1-4-11(16)10(15)5-7/h1-6,18H,(H,17,19). The van der Waals surface area contributed by atoms with Crippen LogP contribution in [0.4, 0.5) is 5.69 Å². The summed E-state index contributed by atoms with van der Waals surface area (Å²) in [7, 11) is 0. The summed E-state index contributed by atoms with van der Waals surface area (Å²) in [6.45, 7) is 0. The van der Waals surface area contributed by atoms with E-state index in [2.05, 4.69) is 27.9 Å². The summed E-state index contributed by atoms with van der Waals surface area (Å²) >= 11 is 13.7. The molecule has 0 unspecified atom stereocenters. The Hall–Kier alpha value is -0.980. The van der Waals surface area contributed by atoms with Gasteiger partial charge >= 0.3 is 0 Å². The van der Waals surface area contributed by atoms with Gasteiger partial charge in [-0.15, -0.1) is 0 Å². The highest BCUT2D eigenvalue weighted by Crippen LogP contribution is 2.26. The number of phenolic OH excluding ortho intramolecular Hbond substituents is 1. The topological polar surface area (TPSA) is 49.3 Å². The third kappa shape index (κ3) is 3.52. The summed E-state index contributed by atoms with van der Waals surface area (Å²) in [4.78, 5) is 12.0. The molecule has 0 aromatic heterocycles. The molecule has 0 aliphatic carbocycles. The van der Waals surface area contributed by atoms with E-state index in [-0.39, 0.29) is 16.7 Å². The fourth-order valence-electron chi connectivity index (χ4n) is 1.43. The zero-order chi connectivity index (χ0) is 14.0. The molecule has 2 aromatic rings. The first-order chi connectivity index (χ1) is 8.97. The van der Waals surface area contributed by atoms with Crippen LogP contribution in [0.5, 0.6) is 5.75 Å². The number of amides is 1. The number of carbonyl (C=O) groups is 1. The summed E-state index contributed by atoms with van der Waals surface area (Å²) in [5.41, 5.74) is 0.904. The number of rotatable bonds is 2. The summed E-state index contributed by atoms with van der Waals surface area (Å²) in [5.74, 6) is -0.389. The molecule has 0 radical (unpaired) electrons. The van der Waals surface area contributed by atoms with E-state index in [1.54, 1.807) is 24.3 Å². The molecule has 0 saturated carbocycles. The van der Waals surface area contributed by atoms with Gasteiger partial charge in [0, 0.05) is 20.9 Å². The highest BCUT2D eigenvalue weighted by molar-refractivity contribution is 14.1. The molecule has 0 aliphatic heterocycles. The second kappa shape index (κ2) is 5.98. The van der Waals surface area contributed by atoms with E-state index in [9.17, 15) is 9.90 Å². The van der Waals surface area contributed by atoms with Crippen molar-refractivity contribution in [2.75, 3.05) is 5.32 Å². The minimum Gasteiger partial charge on any atom is -0.506 e. The maximum atomic E-state index is 12.0. The van der Waals surface area contributed by atoms with Crippen molar-refractivity contribution < 1.29 is 9.90 Å². The lowest BCUT2D eigenvalue weighted by molar-refractivity contribution is 0.102. The largest absolute Gasteiger partial charge is 0.506 e. The average molecular weight is 408 g/mol. The number of aromatic hydroxyl groups is 1. The van der Waals surface area contributed by atoms with Gasteiger partial charge in [0.2, 0.25) is 0 Å². The molecule has 6 heteroatoms. The van der Waals surface area contributed by atoms with Crippen molar-refractivity contribution in [3.05, 3.63) is 55.6 Å². The van der Waals surface area contributed by atoms with Crippen molar-refractivity contribution in [1.29, 1.82) is 0 Å². The van der Waals surface area contributed by atoms with Gasteiger partial charge in [-0.3, -0.25) is 4.79 Å². The molecule has 19 heavy (non-hydrogen) atoms. The third-order valence-corrected chi connectivity index (χ3v) is 4.28. The first kappa shape index (κ1) is 14.4. The highest BCUT2D eigenvalue weighted by atomic mass is 127. The number of halogens is 3. The summed E-state index contributed by atoms with van der Waals surface area (Å²) in [6, 6.07) is 9.53. The SMILES string of the molecule is O=C(Nc1ccc(Cl)c(O)c1)c1ccc(I)c(Cl)c1. The Morgan fingerprint density at radius 2 is 1.84 bits per heavy atom. The van der Waals surface area contributed by atoms with E-state index in [1.165, 1.54) is 12.1 Å². The van der Waals surface area contributed by atoms with Gasteiger partial charge < -0.3 is 10.4 Å². The molecule has 98 valence electrons. The van der Waals surface area contributed by atoms with E-state index < -0.39 is 0 Å². The second-order valence-corrected chi connectivity index (χ2v) is 5.73. The van der Waals surface area contributed by atoms with E-state index in [4.69, 9.17) is 23.2 Å². The summed E-state index contributed by atoms with van der Waals surface area (Å²) in [6.07, 6.45) is 0. The Kier molecular flexibility index (Phi) is 4.54.